The normalized spacial score (nSPS) is 20.3. The fourth-order valence-electron chi connectivity index (χ4n) is 3.02. The zero-order valence-corrected chi connectivity index (χ0v) is 13.5. The molecule has 3 heteroatoms. The third-order valence-corrected chi connectivity index (χ3v) is 5.17. The van der Waals surface area contributed by atoms with Gasteiger partial charge in [0, 0.05) is 29.4 Å². The lowest BCUT2D eigenvalue weighted by Crippen LogP contribution is -2.20. The summed E-state index contributed by atoms with van der Waals surface area (Å²) >= 11 is 1.96. The van der Waals surface area contributed by atoms with Crippen LogP contribution in [-0.4, -0.2) is 24.5 Å². The van der Waals surface area contributed by atoms with Gasteiger partial charge in [0.15, 0.2) is 0 Å². The quantitative estimate of drug-likeness (QED) is 0.817. The average Bonchev–Trinajstić information content (AvgIpc) is 2.96. The zero-order chi connectivity index (χ0) is 13.7. The van der Waals surface area contributed by atoms with Crippen molar-refractivity contribution in [3.8, 4) is 0 Å². The Hall–Kier alpha value is -0.380. The van der Waals surface area contributed by atoms with Crippen molar-refractivity contribution < 1.29 is 0 Å². The fraction of sp³-hybridized carbons (Fsp3) is 0.750. The molecular formula is C16H28N2S. The smallest absolute Gasteiger partial charge is 0.0299 e. The van der Waals surface area contributed by atoms with Crippen LogP contribution in [0, 0.1) is 12.8 Å². The third-order valence-electron chi connectivity index (χ3n) is 4.08. The highest BCUT2D eigenvalue weighted by atomic mass is 32.1. The third kappa shape index (κ3) is 4.30. The van der Waals surface area contributed by atoms with E-state index in [1.807, 2.05) is 11.3 Å². The molecule has 19 heavy (non-hydrogen) atoms. The molecule has 1 N–H and O–H groups in total. The number of aryl methyl sites for hydroxylation is 1. The van der Waals surface area contributed by atoms with Crippen molar-refractivity contribution >= 4 is 11.3 Å². The van der Waals surface area contributed by atoms with Gasteiger partial charge >= 0.3 is 0 Å². The number of hydrogen-bond donors (Lipinski definition) is 1. The second-order valence-electron chi connectivity index (χ2n) is 5.75. The number of nitrogens with zero attached hydrogens (tertiary/aromatic N) is 1. The van der Waals surface area contributed by atoms with E-state index in [-0.39, 0.29) is 0 Å². The van der Waals surface area contributed by atoms with E-state index in [1.165, 1.54) is 42.1 Å². The second-order valence-corrected chi connectivity index (χ2v) is 7.09. The van der Waals surface area contributed by atoms with Crippen LogP contribution < -0.4 is 5.32 Å². The molecule has 2 heterocycles. The first kappa shape index (κ1) is 15.0. The van der Waals surface area contributed by atoms with Gasteiger partial charge in [0.25, 0.3) is 0 Å². The maximum atomic E-state index is 3.42. The molecule has 0 aromatic carbocycles. The summed E-state index contributed by atoms with van der Waals surface area (Å²) in [4.78, 5) is 5.64. The molecule has 2 rings (SSSR count). The number of likely N-dealkylation sites (tertiary alicyclic amines) is 1. The summed E-state index contributed by atoms with van der Waals surface area (Å²) in [6.07, 6.45) is 4.15. The van der Waals surface area contributed by atoms with Crippen molar-refractivity contribution in [2.45, 2.75) is 53.1 Å². The summed E-state index contributed by atoms with van der Waals surface area (Å²) in [6.45, 7) is 12.6. The Morgan fingerprint density at radius 1 is 1.42 bits per heavy atom. The van der Waals surface area contributed by atoms with Gasteiger partial charge in [-0.1, -0.05) is 20.3 Å². The van der Waals surface area contributed by atoms with Crippen LogP contribution in [0.15, 0.2) is 6.07 Å². The molecule has 1 aliphatic heterocycles. The van der Waals surface area contributed by atoms with Gasteiger partial charge in [-0.15, -0.1) is 11.3 Å². The van der Waals surface area contributed by atoms with E-state index in [0.717, 1.165) is 25.6 Å². The summed E-state index contributed by atoms with van der Waals surface area (Å²) in [5.41, 5.74) is 1.55. The molecule has 1 unspecified atom stereocenters. The molecule has 2 nitrogen and oxygen atoms in total. The highest BCUT2D eigenvalue weighted by molar-refractivity contribution is 7.12. The van der Waals surface area contributed by atoms with Crippen LogP contribution in [0.5, 0.6) is 0 Å². The number of rotatable bonds is 7. The van der Waals surface area contributed by atoms with E-state index >= 15 is 0 Å². The molecular weight excluding hydrogens is 252 g/mol. The van der Waals surface area contributed by atoms with Gasteiger partial charge in [-0.25, -0.2) is 0 Å². The molecule has 1 saturated heterocycles. The summed E-state index contributed by atoms with van der Waals surface area (Å²) in [5, 5.41) is 3.42. The first-order chi connectivity index (χ1) is 9.22. The molecule has 1 aromatic rings. The first-order valence-corrected chi connectivity index (χ1v) is 8.55. The van der Waals surface area contributed by atoms with Gasteiger partial charge in [-0.2, -0.15) is 0 Å². The van der Waals surface area contributed by atoms with Crippen LogP contribution in [-0.2, 0) is 13.1 Å². The Morgan fingerprint density at radius 2 is 2.26 bits per heavy atom. The van der Waals surface area contributed by atoms with Crippen molar-refractivity contribution in [1.29, 1.82) is 0 Å². The molecule has 0 radical (unpaired) electrons. The molecule has 0 amide bonds. The second kappa shape index (κ2) is 7.41. The number of thiophene rings is 1. The van der Waals surface area contributed by atoms with Crippen molar-refractivity contribution in [2.75, 3.05) is 19.6 Å². The van der Waals surface area contributed by atoms with E-state index in [0.29, 0.717) is 0 Å². The monoisotopic (exact) mass is 280 g/mol. The minimum absolute atomic E-state index is 0.949. The Kier molecular flexibility index (Phi) is 5.86. The fourth-order valence-corrected chi connectivity index (χ4v) is 4.04. The lowest BCUT2D eigenvalue weighted by molar-refractivity contribution is 0.313. The van der Waals surface area contributed by atoms with Crippen LogP contribution in [0.4, 0.5) is 0 Å². The van der Waals surface area contributed by atoms with Gasteiger partial charge in [-0.3, -0.25) is 4.90 Å². The van der Waals surface area contributed by atoms with Crippen LogP contribution in [0.3, 0.4) is 0 Å². The van der Waals surface area contributed by atoms with E-state index < -0.39 is 0 Å². The van der Waals surface area contributed by atoms with Crippen LogP contribution in [0.25, 0.3) is 0 Å². The first-order valence-electron chi connectivity index (χ1n) is 7.74. The Morgan fingerprint density at radius 3 is 3.00 bits per heavy atom. The minimum atomic E-state index is 0.949. The summed E-state index contributed by atoms with van der Waals surface area (Å²) in [7, 11) is 0. The molecule has 0 bridgehead atoms. The van der Waals surface area contributed by atoms with Gasteiger partial charge in [0.1, 0.15) is 0 Å². The minimum Gasteiger partial charge on any atom is -0.312 e. The molecule has 1 aliphatic rings. The van der Waals surface area contributed by atoms with Gasteiger partial charge in [-0.05, 0) is 50.4 Å². The summed E-state index contributed by atoms with van der Waals surface area (Å²) in [6, 6.07) is 2.41. The molecule has 108 valence electrons. The van der Waals surface area contributed by atoms with Crippen molar-refractivity contribution in [1.82, 2.24) is 10.2 Å². The Balaban J connectivity index is 1.87. The molecule has 1 fully saturated rings. The van der Waals surface area contributed by atoms with Crippen molar-refractivity contribution in [3.63, 3.8) is 0 Å². The molecule has 1 atom stereocenters. The van der Waals surface area contributed by atoms with E-state index in [1.54, 1.807) is 5.56 Å². The van der Waals surface area contributed by atoms with Crippen molar-refractivity contribution in [2.24, 2.45) is 5.92 Å². The number of nitrogens with one attached hydrogen (secondary N) is 1. The van der Waals surface area contributed by atoms with E-state index in [9.17, 15) is 0 Å². The standard InChI is InChI=1S/C16H28N2S/c1-4-6-14-7-8-18(11-14)12-15-9-16(10-17-5-2)19-13(15)3/h9,14,17H,4-8,10-12H2,1-3H3. The maximum Gasteiger partial charge on any atom is 0.0299 e. The average molecular weight is 280 g/mol. The highest BCUT2D eigenvalue weighted by Gasteiger charge is 2.22. The van der Waals surface area contributed by atoms with E-state index in [4.69, 9.17) is 0 Å². The topological polar surface area (TPSA) is 15.3 Å². The van der Waals surface area contributed by atoms with Gasteiger partial charge in [0.2, 0.25) is 0 Å². The molecule has 0 spiro atoms. The largest absolute Gasteiger partial charge is 0.312 e. The zero-order valence-electron chi connectivity index (χ0n) is 12.7. The highest BCUT2D eigenvalue weighted by Crippen LogP contribution is 2.27. The van der Waals surface area contributed by atoms with Gasteiger partial charge < -0.3 is 5.32 Å². The lowest BCUT2D eigenvalue weighted by Gasteiger charge is -2.15. The summed E-state index contributed by atoms with van der Waals surface area (Å²) < 4.78 is 0. The molecule has 0 aliphatic carbocycles. The SMILES string of the molecule is CCCC1CCN(Cc2cc(CNCC)sc2C)C1. The maximum absolute atomic E-state index is 3.42. The summed E-state index contributed by atoms with van der Waals surface area (Å²) in [5.74, 6) is 0.949. The predicted octanol–water partition coefficient (Wildman–Crippen LogP) is 3.79. The Labute approximate surface area is 122 Å². The number of hydrogen-bond acceptors (Lipinski definition) is 3. The molecule has 1 aromatic heterocycles. The lowest BCUT2D eigenvalue weighted by atomic mass is 10.0. The van der Waals surface area contributed by atoms with Crippen LogP contribution in [0.2, 0.25) is 0 Å². The van der Waals surface area contributed by atoms with Gasteiger partial charge in [0.05, 0.1) is 0 Å². The predicted molar refractivity (Wildman–Crippen MR) is 84.7 cm³/mol. The van der Waals surface area contributed by atoms with Crippen molar-refractivity contribution in [3.05, 3.63) is 21.4 Å². The molecule has 0 saturated carbocycles. The van der Waals surface area contributed by atoms with Crippen LogP contribution >= 0.6 is 11.3 Å². The van der Waals surface area contributed by atoms with E-state index in [2.05, 4.69) is 37.1 Å². The van der Waals surface area contributed by atoms with Crippen LogP contribution in [0.1, 0.15) is 48.4 Å². The Bertz CT molecular complexity index is 386.